The average molecular weight is 343 g/mol. The molecule has 98 valence electrons. The van der Waals surface area contributed by atoms with Gasteiger partial charge in [0.15, 0.2) is 0 Å². The van der Waals surface area contributed by atoms with E-state index in [1.54, 1.807) is 13.0 Å². The zero-order valence-corrected chi connectivity index (χ0v) is 12.1. The second kappa shape index (κ2) is 5.54. The highest BCUT2D eigenvalue weighted by atomic mass is 79.9. The fourth-order valence-corrected chi connectivity index (χ4v) is 1.87. The maximum Gasteiger partial charge on any atom is 0.296 e. The van der Waals surface area contributed by atoms with Gasteiger partial charge in [-0.1, -0.05) is 6.07 Å². The highest BCUT2D eigenvalue weighted by Gasteiger charge is 2.02. The maximum absolute atomic E-state index is 13.1. The van der Waals surface area contributed by atoms with E-state index in [9.17, 15) is 9.18 Å². The smallest absolute Gasteiger partial charge is 0.265 e. The van der Waals surface area contributed by atoms with E-state index in [0.29, 0.717) is 10.0 Å². The summed E-state index contributed by atoms with van der Waals surface area (Å²) in [5, 5.41) is 10.2. The van der Waals surface area contributed by atoms with Crippen LogP contribution in [0, 0.1) is 17.5 Å². The third-order valence-corrected chi connectivity index (χ3v) is 3.15. The second-order valence-corrected chi connectivity index (χ2v) is 4.89. The van der Waals surface area contributed by atoms with Gasteiger partial charge < -0.3 is 0 Å². The van der Waals surface area contributed by atoms with Gasteiger partial charge in [-0.25, -0.2) is 4.39 Å². The van der Waals surface area contributed by atoms with Gasteiger partial charge >= 0.3 is 0 Å². The fraction of sp³-hybridized carbons (Fsp3) is 0.0909. The first kappa shape index (κ1) is 13.8. The average Bonchev–Trinajstić information content (AvgIpc) is 2.38. The molecule has 0 aliphatic carbocycles. The lowest BCUT2D eigenvalue weighted by Gasteiger charge is -1.99. The van der Waals surface area contributed by atoms with Gasteiger partial charge in [-0.05, 0) is 52.8 Å². The summed E-state index contributed by atoms with van der Waals surface area (Å²) in [6.45, 7) is 1.55. The summed E-state index contributed by atoms with van der Waals surface area (Å²) in [5.41, 5.74) is 0.483. The van der Waals surface area contributed by atoms with Crippen molar-refractivity contribution in [3.05, 3.63) is 54.9 Å². The first-order chi connectivity index (χ1) is 8.99. The number of nitrogens with zero attached hydrogens (tertiary/aromatic N) is 3. The Hall–Kier alpha value is -1.67. The Morgan fingerprint density at radius 1 is 1.58 bits per heavy atom. The monoisotopic (exact) mass is 342 g/mol. The van der Waals surface area contributed by atoms with Crippen LogP contribution in [0.25, 0.3) is 0 Å². The number of benzene rings is 1. The van der Waals surface area contributed by atoms with Gasteiger partial charge in [-0.3, -0.25) is 9.89 Å². The van der Waals surface area contributed by atoms with E-state index < -0.39 is 5.56 Å². The molecule has 0 saturated carbocycles. The molecule has 8 heteroatoms. The Labute approximate surface area is 120 Å². The van der Waals surface area contributed by atoms with E-state index >= 15 is 0 Å². The normalized spacial score (nSPS) is 11.1. The zero-order chi connectivity index (χ0) is 14.0. The Bertz CT molecular complexity index is 768. The molecule has 1 heterocycles. The molecule has 1 N–H and O–H groups in total. The van der Waals surface area contributed by atoms with Crippen LogP contribution in [0.5, 0.6) is 0 Å². The van der Waals surface area contributed by atoms with Crippen LogP contribution in [0.3, 0.4) is 0 Å². The summed E-state index contributed by atoms with van der Waals surface area (Å²) in [5.74, 6) is -0.369. The number of H-pyrrole nitrogens is 1. The summed E-state index contributed by atoms with van der Waals surface area (Å²) < 4.78 is 14.5. The van der Waals surface area contributed by atoms with E-state index in [0.717, 1.165) is 4.68 Å². The largest absolute Gasteiger partial charge is 0.296 e. The molecule has 2 aromatic rings. The molecule has 1 aromatic heterocycles. The first-order valence-electron chi connectivity index (χ1n) is 5.17. The number of hydrogen-bond donors (Lipinski definition) is 1. The minimum absolute atomic E-state index is 0.0908. The summed E-state index contributed by atoms with van der Waals surface area (Å²) in [4.78, 5) is 11.8. The Morgan fingerprint density at radius 3 is 3.00 bits per heavy atom. The van der Waals surface area contributed by atoms with Crippen LogP contribution in [0.2, 0.25) is 0 Å². The predicted molar refractivity (Wildman–Crippen MR) is 75.5 cm³/mol. The number of aromatic amines is 1. The van der Waals surface area contributed by atoms with Gasteiger partial charge in [0, 0.05) is 0 Å². The maximum atomic E-state index is 13.1. The van der Waals surface area contributed by atoms with Gasteiger partial charge in [0.05, 0.1) is 10.7 Å². The molecule has 0 atom stereocenters. The van der Waals surface area contributed by atoms with Gasteiger partial charge in [0.2, 0.25) is 4.77 Å². The number of aromatic nitrogens is 3. The molecule has 0 bridgehead atoms. The highest BCUT2D eigenvalue weighted by molar-refractivity contribution is 9.10. The lowest BCUT2D eigenvalue weighted by atomic mass is 10.2. The van der Waals surface area contributed by atoms with Gasteiger partial charge in [0.1, 0.15) is 11.5 Å². The minimum atomic E-state index is -0.402. The van der Waals surface area contributed by atoms with Gasteiger partial charge in [0.25, 0.3) is 5.56 Å². The summed E-state index contributed by atoms with van der Waals surface area (Å²) in [6.07, 6.45) is 1.41. The lowest BCUT2D eigenvalue weighted by molar-refractivity contribution is 0.621. The van der Waals surface area contributed by atoms with Crippen LogP contribution < -0.4 is 5.56 Å². The van der Waals surface area contributed by atoms with E-state index in [-0.39, 0.29) is 16.3 Å². The Kier molecular flexibility index (Phi) is 4.01. The SMILES string of the molecule is Cc1n[nH]c(=S)n(/N=C\c2ccc(F)c(Br)c2)c1=O. The number of hydrogen-bond acceptors (Lipinski definition) is 4. The van der Waals surface area contributed by atoms with Crippen molar-refractivity contribution in [2.75, 3.05) is 0 Å². The van der Waals surface area contributed by atoms with Crippen LogP contribution in [0.4, 0.5) is 4.39 Å². The van der Waals surface area contributed by atoms with Gasteiger partial charge in [-0.2, -0.15) is 14.9 Å². The molecule has 0 aliphatic rings. The molecular formula is C11H8BrFN4OS. The minimum Gasteiger partial charge on any atom is -0.265 e. The van der Waals surface area contributed by atoms with E-state index in [1.807, 2.05) is 0 Å². The van der Waals surface area contributed by atoms with E-state index in [4.69, 9.17) is 12.2 Å². The first-order valence-corrected chi connectivity index (χ1v) is 6.37. The number of nitrogens with one attached hydrogen (secondary N) is 1. The molecule has 0 unspecified atom stereocenters. The molecule has 0 aliphatic heterocycles. The molecule has 0 fully saturated rings. The number of rotatable bonds is 2. The lowest BCUT2D eigenvalue weighted by Crippen LogP contribution is -2.22. The predicted octanol–water partition coefficient (Wildman–Crippen LogP) is 2.39. The van der Waals surface area contributed by atoms with Gasteiger partial charge in [-0.15, -0.1) is 0 Å². The molecule has 5 nitrogen and oxygen atoms in total. The van der Waals surface area contributed by atoms with Crippen molar-refractivity contribution in [2.45, 2.75) is 6.92 Å². The molecule has 1 aromatic carbocycles. The summed E-state index contributed by atoms with van der Waals surface area (Å²) >= 11 is 7.99. The number of halogens is 2. The molecule has 19 heavy (non-hydrogen) atoms. The van der Waals surface area contributed by atoms with Crippen molar-refractivity contribution < 1.29 is 4.39 Å². The van der Waals surface area contributed by atoms with Crippen molar-refractivity contribution in [3.8, 4) is 0 Å². The van der Waals surface area contributed by atoms with Crippen molar-refractivity contribution >= 4 is 34.4 Å². The van der Waals surface area contributed by atoms with Crippen molar-refractivity contribution in [3.63, 3.8) is 0 Å². The van der Waals surface area contributed by atoms with Crippen LogP contribution >= 0.6 is 28.1 Å². The van der Waals surface area contributed by atoms with Crippen molar-refractivity contribution in [1.82, 2.24) is 14.9 Å². The molecule has 2 rings (SSSR count). The zero-order valence-electron chi connectivity index (χ0n) is 9.72. The van der Waals surface area contributed by atoms with E-state index in [2.05, 4.69) is 31.2 Å². The quantitative estimate of drug-likeness (QED) is 0.673. The molecule has 0 amide bonds. The van der Waals surface area contributed by atoms with Crippen molar-refractivity contribution in [1.29, 1.82) is 0 Å². The van der Waals surface area contributed by atoms with Crippen LogP contribution in [0.1, 0.15) is 11.3 Å². The molecule has 0 spiro atoms. The van der Waals surface area contributed by atoms with Crippen LogP contribution in [0.15, 0.2) is 32.6 Å². The van der Waals surface area contributed by atoms with Crippen LogP contribution in [-0.2, 0) is 0 Å². The molecular weight excluding hydrogens is 335 g/mol. The van der Waals surface area contributed by atoms with Crippen LogP contribution in [-0.4, -0.2) is 21.1 Å². The third-order valence-electron chi connectivity index (χ3n) is 2.28. The summed E-state index contributed by atoms with van der Waals surface area (Å²) in [6, 6.07) is 4.38. The molecule has 0 radical (unpaired) electrons. The number of aryl methyl sites for hydroxylation is 1. The third kappa shape index (κ3) is 3.02. The van der Waals surface area contributed by atoms with E-state index in [1.165, 1.54) is 18.3 Å². The fourth-order valence-electron chi connectivity index (χ4n) is 1.29. The second-order valence-electron chi connectivity index (χ2n) is 3.65. The highest BCUT2D eigenvalue weighted by Crippen LogP contribution is 2.15. The molecule has 0 saturated heterocycles. The van der Waals surface area contributed by atoms with Crippen molar-refractivity contribution in [2.24, 2.45) is 5.10 Å². The standard InChI is InChI=1S/C11H8BrFN4OS/c1-6-10(18)17(11(19)16-15-6)14-5-7-2-3-9(13)8(12)4-7/h2-5H,1H3,(H,16,19)/b14-5-. The summed E-state index contributed by atoms with van der Waals surface area (Å²) in [7, 11) is 0. The Balaban J connectivity index is 2.43. The topological polar surface area (TPSA) is 63.0 Å². The Morgan fingerprint density at radius 2 is 2.32 bits per heavy atom.